The van der Waals surface area contributed by atoms with Crippen LogP contribution in [0.25, 0.3) is 0 Å². The summed E-state index contributed by atoms with van der Waals surface area (Å²) >= 11 is 0. The molecule has 1 heterocycles. The molecule has 28 heavy (non-hydrogen) atoms. The average Bonchev–Trinajstić information content (AvgIpc) is 3.04. The van der Waals surface area contributed by atoms with Gasteiger partial charge in [-0.15, -0.1) is 24.0 Å². The molecule has 0 aliphatic rings. The first-order valence-corrected chi connectivity index (χ1v) is 9.51. The van der Waals surface area contributed by atoms with Crippen molar-refractivity contribution in [1.82, 2.24) is 20.7 Å². The van der Waals surface area contributed by atoms with E-state index in [2.05, 4.69) is 34.6 Å². The standard InChI is InChI=1S/C18H32F3N5O.HI/c1-5-14(6-2)16-11-15(27-25-16)12-24-17(22-7-3)23-9-8-10-26(4)13-18(19,20)21;/h11,14H,5-10,12-13H2,1-4H3,(H2,22,23,24);1H. The van der Waals surface area contributed by atoms with Gasteiger partial charge in [-0.25, -0.2) is 4.99 Å². The van der Waals surface area contributed by atoms with Crippen LogP contribution in [0.5, 0.6) is 0 Å². The van der Waals surface area contributed by atoms with E-state index in [-0.39, 0.29) is 24.0 Å². The zero-order valence-corrected chi connectivity index (χ0v) is 19.4. The lowest BCUT2D eigenvalue weighted by molar-refractivity contribution is -0.143. The Kier molecular flexibility index (Phi) is 13.5. The van der Waals surface area contributed by atoms with E-state index in [1.165, 1.54) is 11.9 Å². The molecule has 0 spiro atoms. The van der Waals surface area contributed by atoms with Crippen LogP contribution in [0.15, 0.2) is 15.6 Å². The highest BCUT2D eigenvalue weighted by molar-refractivity contribution is 14.0. The van der Waals surface area contributed by atoms with Crippen LogP contribution in [0.1, 0.15) is 57.4 Å². The summed E-state index contributed by atoms with van der Waals surface area (Å²) in [6, 6.07) is 1.94. The summed E-state index contributed by atoms with van der Waals surface area (Å²) < 4.78 is 42.3. The third-order valence-electron chi connectivity index (χ3n) is 4.18. The van der Waals surface area contributed by atoms with Crippen LogP contribution in [0.3, 0.4) is 0 Å². The molecular formula is C18H33F3IN5O. The van der Waals surface area contributed by atoms with Gasteiger partial charge in [0.2, 0.25) is 0 Å². The summed E-state index contributed by atoms with van der Waals surface area (Å²) in [5.41, 5.74) is 0.955. The molecule has 6 nitrogen and oxygen atoms in total. The van der Waals surface area contributed by atoms with Crippen LogP contribution in [0.2, 0.25) is 0 Å². The number of nitrogens with zero attached hydrogens (tertiary/aromatic N) is 3. The van der Waals surface area contributed by atoms with Crippen LogP contribution >= 0.6 is 24.0 Å². The second-order valence-electron chi connectivity index (χ2n) is 6.56. The molecule has 0 bridgehead atoms. The van der Waals surface area contributed by atoms with E-state index < -0.39 is 12.7 Å². The number of alkyl halides is 3. The summed E-state index contributed by atoms with van der Waals surface area (Å²) in [5.74, 6) is 1.70. The molecule has 0 aliphatic heterocycles. The highest BCUT2D eigenvalue weighted by Gasteiger charge is 2.28. The predicted molar refractivity (Wildman–Crippen MR) is 116 cm³/mol. The number of aliphatic imine (C=N–C) groups is 1. The van der Waals surface area contributed by atoms with Gasteiger partial charge in [-0.1, -0.05) is 19.0 Å². The average molecular weight is 519 g/mol. The summed E-state index contributed by atoms with van der Waals surface area (Å²) in [6.45, 7) is 7.24. The summed E-state index contributed by atoms with van der Waals surface area (Å²) in [6.07, 6.45) is -1.56. The largest absolute Gasteiger partial charge is 0.401 e. The first kappa shape index (κ1) is 27.0. The molecule has 2 N–H and O–H groups in total. The maximum absolute atomic E-state index is 12.3. The Morgan fingerprint density at radius 2 is 1.93 bits per heavy atom. The van der Waals surface area contributed by atoms with Gasteiger partial charge in [0.25, 0.3) is 0 Å². The molecule has 0 radical (unpaired) electrons. The van der Waals surface area contributed by atoms with Crippen molar-refractivity contribution in [2.24, 2.45) is 4.99 Å². The Balaban J connectivity index is 0.00000729. The van der Waals surface area contributed by atoms with Crippen molar-refractivity contribution in [3.63, 3.8) is 0 Å². The SMILES string of the molecule is CCNC(=NCc1cc(C(CC)CC)no1)NCCCN(C)CC(F)(F)F.I. The number of nitrogens with one attached hydrogen (secondary N) is 2. The van der Waals surface area contributed by atoms with E-state index in [0.29, 0.717) is 50.2 Å². The second-order valence-corrected chi connectivity index (χ2v) is 6.56. The van der Waals surface area contributed by atoms with E-state index in [1.54, 1.807) is 0 Å². The number of halogens is 4. The van der Waals surface area contributed by atoms with Crippen molar-refractivity contribution in [1.29, 1.82) is 0 Å². The molecular weight excluding hydrogens is 486 g/mol. The Morgan fingerprint density at radius 3 is 2.50 bits per heavy atom. The van der Waals surface area contributed by atoms with Crippen LogP contribution in [-0.2, 0) is 6.54 Å². The molecule has 1 aromatic heterocycles. The second kappa shape index (κ2) is 14.0. The minimum Gasteiger partial charge on any atom is -0.359 e. The highest BCUT2D eigenvalue weighted by atomic mass is 127. The molecule has 0 aromatic carbocycles. The Labute approximate surface area is 182 Å². The smallest absolute Gasteiger partial charge is 0.359 e. The van der Waals surface area contributed by atoms with Crippen molar-refractivity contribution in [2.75, 3.05) is 33.2 Å². The van der Waals surface area contributed by atoms with Crippen molar-refractivity contribution in [3.8, 4) is 0 Å². The Bertz CT molecular complexity index is 562. The first-order chi connectivity index (χ1) is 12.8. The molecule has 1 rings (SSSR count). The van der Waals surface area contributed by atoms with Crippen molar-refractivity contribution < 1.29 is 17.7 Å². The van der Waals surface area contributed by atoms with Gasteiger partial charge in [0.15, 0.2) is 11.7 Å². The number of guanidine groups is 1. The molecule has 0 saturated carbocycles. The minimum absolute atomic E-state index is 0. The fraction of sp³-hybridized carbons (Fsp3) is 0.778. The van der Waals surface area contributed by atoms with Crippen molar-refractivity contribution in [2.45, 2.75) is 58.7 Å². The van der Waals surface area contributed by atoms with Crippen LogP contribution in [0, 0.1) is 0 Å². The predicted octanol–water partition coefficient (Wildman–Crippen LogP) is 4.14. The lowest BCUT2D eigenvalue weighted by Crippen LogP contribution is -2.39. The third kappa shape index (κ3) is 11.1. The van der Waals surface area contributed by atoms with E-state index in [0.717, 1.165) is 18.5 Å². The normalized spacial score (nSPS) is 12.4. The molecule has 0 saturated heterocycles. The summed E-state index contributed by atoms with van der Waals surface area (Å²) in [7, 11) is 1.47. The Morgan fingerprint density at radius 1 is 1.25 bits per heavy atom. The molecule has 0 aliphatic carbocycles. The van der Waals surface area contributed by atoms with Gasteiger partial charge in [0.1, 0.15) is 6.54 Å². The molecule has 1 aromatic rings. The number of hydrogen-bond donors (Lipinski definition) is 2. The lowest BCUT2D eigenvalue weighted by atomic mass is 9.99. The fourth-order valence-electron chi connectivity index (χ4n) is 2.74. The van der Waals surface area contributed by atoms with E-state index in [1.807, 2.05) is 13.0 Å². The minimum atomic E-state index is -4.16. The molecule has 0 fully saturated rings. The molecule has 10 heteroatoms. The lowest BCUT2D eigenvalue weighted by Gasteiger charge is -2.18. The van der Waals surface area contributed by atoms with Crippen molar-refractivity contribution >= 4 is 29.9 Å². The van der Waals surface area contributed by atoms with Gasteiger partial charge in [-0.05, 0) is 39.8 Å². The van der Waals surface area contributed by atoms with Gasteiger partial charge < -0.3 is 15.2 Å². The monoisotopic (exact) mass is 519 g/mol. The molecule has 0 amide bonds. The van der Waals surface area contributed by atoms with E-state index in [4.69, 9.17) is 4.52 Å². The first-order valence-electron chi connectivity index (χ1n) is 9.51. The number of rotatable bonds is 11. The zero-order chi connectivity index (χ0) is 20.3. The quantitative estimate of drug-likeness (QED) is 0.199. The zero-order valence-electron chi connectivity index (χ0n) is 17.1. The molecule has 0 atom stereocenters. The van der Waals surface area contributed by atoms with Gasteiger partial charge in [0, 0.05) is 25.1 Å². The topological polar surface area (TPSA) is 65.7 Å². The van der Waals surface area contributed by atoms with Crippen LogP contribution < -0.4 is 10.6 Å². The highest BCUT2D eigenvalue weighted by Crippen LogP contribution is 2.22. The van der Waals surface area contributed by atoms with Gasteiger partial charge >= 0.3 is 6.18 Å². The fourth-order valence-corrected chi connectivity index (χ4v) is 2.74. The Hall–Kier alpha value is -1.04. The van der Waals surface area contributed by atoms with Gasteiger partial charge in [-0.3, -0.25) is 4.90 Å². The van der Waals surface area contributed by atoms with E-state index >= 15 is 0 Å². The van der Waals surface area contributed by atoms with Crippen molar-refractivity contribution in [3.05, 3.63) is 17.5 Å². The van der Waals surface area contributed by atoms with E-state index in [9.17, 15) is 13.2 Å². The molecule has 164 valence electrons. The number of hydrogen-bond acceptors (Lipinski definition) is 4. The van der Waals surface area contributed by atoms with Gasteiger partial charge in [0.05, 0.1) is 12.2 Å². The maximum Gasteiger partial charge on any atom is 0.401 e. The molecule has 0 unspecified atom stereocenters. The maximum atomic E-state index is 12.3. The van der Waals surface area contributed by atoms with Crippen LogP contribution in [-0.4, -0.2) is 55.4 Å². The van der Waals surface area contributed by atoms with Gasteiger partial charge in [-0.2, -0.15) is 13.2 Å². The van der Waals surface area contributed by atoms with Crippen LogP contribution in [0.4, 0.5) is 13.2 Å². The summed E-state index contributed by atoms with van der Waals surface area (Å²) in [5, 5.41) is 10.4. The summed E-state index contributed by atoms with van der Waals surface area (Å²) in [4.78, 5) is 5.71. The number of aromatic nitrogens is 1. The third-order valence-corrected chi connectivity index (χ3v) is 4.18.